The summed E-state index contributed by atoms with van der Waals surface area (Å²) in [5, 5.41) is 2.34. The minimum Gasteiger partial charge on any atom is -0.298 e. The van der Waals surface area contributed by atoms with E-state index in [0.29, 0.717) is 4.99 Å². The van der Waals surface area contributed by atoms with Crippen molar-refractivity contribution in [2.24, 2.45) is 0 Å². The minimum absolute atomic E-state index is 0.265. The van der Waals surface area contributed by atoms with Crippen LogP contribution in [0.25, 0.3) is 0 Å². The second kappa shape index (κ2) is 2.06. The van der Waals surface area contributed by atoms with Gasteiger partial charge in [-0.05, 0) is 0 Å². The van der Waals surface area contributed by atoms with Crippen LogP contribution in [-0.2, 0) is 4.84 Å². The summed E-state index contributed by atoms with van der Waals surface area (Å²) in [7, 11) is 0. The van der Waals surface area contributed by atoms with E-state index < -0.39 is 6.03 Å². The molecular formula is C3H4N2O2S. The van der Waals surface area contributed by atoms with Crippen molar-refractivity contribution in [1.29, 1.82) is 0 Å². The predicted octanol–water partition coefficient (Wildman–Crippen LogP) is -0.442. The van der Waals surface area contributed by atoms with E-state index in [2.05, 4.69) is 27.9 Å². The molecule has 1 fully saturated rings. The topological polar surface area (TPSA) is 50.4 Å². The second-order valence-corrected chi connectivity index (χ2v) is 1.76. The fraction of sp³-hybridized carbons (Fsp3) is 0.333. The highest BCUT2D eigenvalue weighted by atomic mass is 32.1. The van der Waals surface area contributed by atoms with Crippen LogP contribution >= 0.6 is 12.2 Å². The molecule has 0 saturated carbocycles. The quantitative estimate of drug-likeness (QED) is 0.439. The van der Waals surface area contributed by atoms with Gasteiger partial charge in [-0.1, -0.05) is 12.2 Å². The number of urea groups is 1. The van der Waals surface area contributed by atoms with Gasteiger partial charge >= 0.3 is 6.03 Å². The summed E-state index contributed by atoms with van der Waals surface area (Å²) in [6, 6.07) is -0.402. The van der Waals surface area contributed by atoms with Crippen LogP contribution in [0.15, 0.2) is 0 Å². The molecule has 0 radical (unpaired) electrons. The van der Waals surface area contributed by atoms with Crippen LogP contribution in [0.2, 0.25) is 0 Å². The zero-order valence-electron chi connectivity index (χ0n) is 3.93. The van der Waals surface area contributed by atoms with Gasteiger partial charge in [0.05, 0.1) is 0 Å². The van der Waals surface area contributed by atoms with Gasteiger partial charge < -0.3 is 0 Å². The van der Waals surface area contributed by atoms with Crippen LogP contribution in [0.1, 0.15) is 0 Å². The normalized spacial score (nSPS) is 19.5. The molecule has 1 heterocycles. The number of carbonyl (C=O) groups is 1. The van der Waals surface area contributed by atoms with E-state index in [1.165, 1.54) is 0 Å². The lowest BCUT2D eigenvalue weighted by Crippen LogP contribution is -2.46. The molecule has 2 N–H and O–H groups in total. The monoisotopic (exact) mass is 132 g/mol. The molecule has 44 valence electrons. The van der Waals surface area contributed by atoms with E-state index in [-0.39, 0.29) is 6.61 Å². The number of thiocarbonyl (C=S) groups is 1. The molecule has 0 unspecified atom stereocenters. The SMILES string of the molecule is O=C1NOCC(=S)N1. The Bertz CT molecular complexity index is 121. The van der Waals surface area contributed by atoms with Crippen molar-refractivity contribution in [3.63, 3.8) is 0 Å². The van der Waals surface area contributed by atoms with Crippen molar-refractivity contribution in [2.45, 2.75) is 0 Å². The molecule has 2 amide bonds. The van der Waals surface area contributed by atoms with E-state index in [1.54, 1.807) is 0 Å². The molecule has 0 aromatic heterocycles. The van der Waals surface area contributed by atoms with Crippen molar-refractivity contribution in [1.82, 2.24) is 10.8 Å². The van der Waals surface area contributed by atoms with Gasteiger partial charge in [-0.15, -0.1) is 0 Å². The van der Waals surface area contributed by atoms with Crippen molar-refractivity contribution >= 4 is 23.2 Å². The lowest BCUT2D eigenvalue weighted by Gasteiger charge is -2.13. The number of hydrogen-bond donors (Lipinski definition) is 2. The summed E-state index contributed by atoms with van der Waals surface area (Å²) in [5.41, 5.74) is 2.07. The number of carbonyl (C=O) groups excluding carboxylic acids is 1. The molecule has 1 aliphatic heterocycles. The van der Waals surface area contributed by atoms with Gasteiger partial charge in [-0.2, -0.15) is 0 Å². The average molecular weight is 132 g/mol. The third-order valence-corrected chi connectivity index (χ3v) is 0.841. The fourth-order valence-electron chi connectivity index (χ4n) is 0.355. The molecule has 0 aliphatic carbocycles. The lowest BCUT2D eigenvalue weighted by atomic mass is 10.6. The molecule has 5 heteroatoms. The van der Waals surface area contributed by atoms with Gasteiger partial charge in [0.15, 0.2) is 0 Å². The van der Waals surface area contributed by atoms with E-state index in [1.807, 2.05) is 0 Å². The van der Waals surface area contributed by atoms with Gasteiger partial charge in [0.1, 0.15) is 11.6 Å². The van der Waals surface area contributed by atoms with Crippen LogP contribution in [0, 0.1) is 0 Å². The molecule has 1 saturated heterocycles. The molecule has 0 spiro atoms. The Morgan fingerprint density at radius 3 is 2.88 bits per heavy atom. The highest BCUT2D eigenvalue weighted by molar-refractivity contribution is 7.80. The van der Waals surface area contributed by atoms with Gasteiger partial charge in [0, 0.05) is 0 Å². The number of hydroxylamine groups is 1. The predicted molar refractivity (Wildman–Crippen MR) is 30.2 cm³/mol. The second-order valence-electron chi connectivity index (χ2n) is 1.27. The first-order valence-electron chi connectivity index (χ1n) is 2.00. The van der Waals surface area contributed by atoms with Gasteiger partial charge in [0.2, 0.25) is 0 Å². The van der Waals surface area contributed by atoms with Gasteiger partial charge in [0.25, 0.3) is 0 Å². The molecule has 0 aromatic carbocycles. The first kappa shape index (κ1) is 5.46. The van der Waals surface area contributed by atoms with Crippen LogP contribution < -0.4 is 10.8 Å². The summed E-state index contributed by atoms with van der Waals surface area (Å²) in [6.45, 7) is 0.265. The Hall–Kier alpha value is -0.680. The third-order valence-electron chi connectivity index (χ3n) is 0.621. The van der Waals surface area contributed by atoms with E-state index in [0.717, 1.165) is 0 Å². The Balaban J connectivity index is 2.45. The molecule has 0 atom stereocenters. The summed E-state index contributed by atoms with van der Waals surface area (Å²) in [6.07, 6.45) is 0. The van der Waals surface area contributed by atoms with Crippen molar-refractivity contribution in [2.75, 3.05) is 6.61 Å². The van der Waals surface area contributed by atoms with Crippen LogP contribution in [0.3, 0.4) is 0 Å². The minimum atomic E-state index is -0.402. The van der Waals surface area contributed by atoms with Crippen LogP contribution in [0.4, 0.5) is 4.79 Å². The van der Waals surface area contributed by atoms with Crippen molar-refractivity contribution in [3.8, 4) is 0 Å². The number of rotatable bonds is 0. The molecule has 0 bridgehead atoms. The maximum Gasteiger partial charge on any atom is 0.343 e. The zero-order valence-corrected chi connectivity index (χ0v) is 4.75. The van der Waals surface area contributed by atoms with E-state index in [9.17, 15) is 4.79 Å². The largest absolute Gasteiger partial charge is 0.343 e. The van der Waals surface area contributed by atoms with Crippen molar-refractivity contribution in [3.05, 3.63) is 0 Å². The van der Waals surface area contributed by atoms with Crippen molar-refractivity contribution < 1.29 is 9.63 Å². The highest BCUT2D eigenvalue weighted by Gasteiger charge is 2.09. The first-order valence-corrected chi connectivity index (χ1v) is 2.41. The molecule has 0 aromatic rings. The highest BCUT2D eigenvalue weighted by Crippen LogP contribution is 1.81. The smallest absolute Gasteiger partial charge is 0.298 e. The molecule has 8 heavy (non-hydrogen) atoms. The molecular weight excluding hydrogens is 128 g/mol. The summed E-state index contributed by atoms with van der Waals surface area (Å²) >= 11 is 4.59. The summed E-state index contributed by atoms with van der Waals surface area (Å²) in [5.74, 6) is 0. The Morgan fingerprint density at radius 1 is 1.75 bits per heavy atom. The lowest BCUT2D eigenvalue weighted by molar-refractivity contribution is 0.0802. The van der Waals surface area contributed by atoms with Gasteiger partial charge in [-0.3, -0.25) is 10.2 Å². The summed E-state index contributed by atoms with van der Waals surface area (Å²) < 4.78 is 0. The van der Waals surface area contributed by atoms with Crippen LogP contribution in [0.5, 0.6) is 0 Å². The number of amides is 2. The zero-order chi connectivity index (χ0) is 5.98. The number of hydrogen-bond acceptors (Lipinski definition) is 3. The Kier molecular flexibility index (Phi) is 1.40. The van der Waals surface area contributed by atoms with E-state index in [4.69, 9.17) is 0 Å². The average Bonchev–Trinajstić information content (AvgIpc) is 1.64. The van der Waals surface area contributed by atoms with Gasteiger partial charge in [-0.25, -0.2) is 10.3 Å². The molecule has 1 rings (SSSR count). The van der Waals surface area contributed by atoms with E-state index >= 15 is 0 Å². The number of nitrogens with one attached hydrogen (secondary N) is 2. The maximum absolute atomic E-state index is 10.2. The summed E-state index contributed by atoms with van der Waals surface area (Å²) in [4.78, 5) is 15.1. The standard InChI is InChI=1S/C3H4N2O2S/c6-3-4-2(8)1-7-5-3/h1H2,(H2,4,5,6,8). The molecule has 4 nitrogen and oxygen atoms in total. The Labute approximate surface area is 51.2 Å². The fourth-order valence-corrected chi connectivity index (χ4v) is 0.507. The first-order chi connectivity index (χ1) is 3.79. The maximum atomic E-state index is 10.2. The Morgan fingerprint density at radius 2 is 2.50 bits per heavy atom. The van der Waals surface area contributed by atoms with Crippen LogP contribution in [-0.4, -0.2) is 17.6 Å². The third kappa shape index (κ3) is 1.14. The molecule has 1 aliphatic rings.